The summed E-state index contributed by atoms with van der Waals surface area (Å²) in [4.78, 5) is 26.6. The number of amides is 1. The van der Waals surface area contributed by atoms with Crippen molar-refractivity contribution in [1.82, 2.24) is 0 Å². The number of hydrogen-bond acceptors (Lipinski definition) is 4. The molecule has 1 atom stereocenters. The molecule has 2 aromatic rings. The summed E-state index contributed by atoms with van der Waals surface area (Å²) in [6, 6.07) is 7.99. The Labute approximate surface area is 138 Å². The van der Waals surface area contributed by atoms with Gasteiger partial charge in [-0.25, -0.2) is 0 Å². The summed E-state index contributed by atoms with van der Waals surface area (Å²) in [6.07, 6.45) is 1.73. The molecule has 1 amide bonds. The van der Waals surface area contributed by atoms with E-state index in [4.69, 9.17) is 16.0 Å². The van der Waals surface area contributed by atoms with Gasteiger partial charge in [0.25, 0.3) is 5.91 Å². The third-order valence-electron chi connectivity index (χ3n) is 3.95. The standard InChI is InChI=1S/C17H16ClNO4/c1-2-7-19-13-6-5-11(18)9-12(13)17(22,16(19)21)10-14(20)15-4-3-8-23-15/h3-6,8-9,22H,2,7,10H2,1H3/t17-/m1/s1. The van der Waals surface area contributed by atoms with Crippen molar-refractivity contribution >= 4 is 29.0 Å². The van der Waals surface area contributed by atoms with Crippen LogP contribution in [0.2, 0.25) is 5.02 Å². The molecule has 5 nitrogen and oxygen atoms in total. The molecule has 6 heteroatoms. The summed E-state index contributed by atoms with van der Waals surface area (Å²) in [5.74, 6) is -0.824. The van der Waals surface area contributed by atoms with Gasteiger partial charge in [-0.15, -0.1) is 0 Å². The number of furan rings is 1. The molecule has 1 N–H and O–H groups in total. The van der Waals surface area contributed by atoms with Gasteiger partial charge in [0, 0.05) is 17.1 Å². The maximum Gasteiger partial charge on any atom is 0.264 e. The van der Waals surface area contributed by atoms with E-state index < -0.39 is 17.3 Å². The molecule has 0 unspecified atom stereocenters. The van der Waals surface area contributed by atoms with Crippen LogP contribution < -0.4 is 4.90 Å². The van der Waals surface area contributed by atoms with Gasteiger partial charge in [0.05, 0.1) is 18.4 Å². The largest absolute Gasteiger partial charge is 0.461 e. The number of fused-ring (bicyclic) bond motifs is 1. The first-order valence-electron chi connectivity index (χ1n) is 7.38. The average molecular weight is 334 g/mol. The van der Waals surface area contributed by atoms with E-state index in [0.717, 1.165) is 6.42 Å². The fourth-order valence-electron chi connectivity index (χ4n) is 2.90. The Bertz CT molecular complexity index is 756. The van der Waals surface area contributed by atoms with E-state index in [9.17, 15) is 14.7 Å². The quantitative estimate of drug-likeness (QED) is 0.853. The highest BCUT2D eigenvalue weighted by atomic mass is 35.5. The number of hydrogen-bond donors (Lipinski definition) is 1. The van der Waals surface area contributed by atoms with Crippen LogP contribution in [0.25, 0.3) is 0 Å². The van der Waals surface area contributed by atoms with E-state index in [1.54, 1.807) is 24.3 Å². The minimum absolute atomic E-state index is 0.115. The van der Waals surface area contributed by atoms with Crippen molar-refractivity contribution in [1.29, 1.82) is 0 Å². The second-order valence-corrected chi connectivity index (χ2v) is 5.99. The predicted octanol–water partition coefficient (Wildman–Crippen LogP) is 3.15. The Morgan fingerprint density at radius 1 is 1.39 bits per heavy atom. The number of anilines is 1. The van der Waals surface area contributed by atoms with Crippen molar-refractivity contribution in [2.75, 3.05) is 11.4 Å². The Morgan fingerprint density at radius 3 is 2.83 bits per heavy atom. The fraction of sp³-hybridized carbons (Fsp3) is 0.294. The highest BCUT2D eigenvalue weighted by molar-refractivity contribution is 6.31. The Morgan fingerprint density at radius 2 is 2.17 bits per heavy atom. The lowest BCUT2D eigenvalue weighted by molar-refractivity contribution is -0.135. The third-order valence-corrected chi connectivity index (χ3v) is 4.19. The van der Waals surface area contributed by atoms with Gasteiger partial charge < -0.3 is 14.4 Å². The third kappa shape index (κ3) is 2.56. The number of carbonyl (C=O) groups excluding carboxylic acids is 2. The maximum atomic E-state index is 12.7. The lowest BCUT2D eigenvalue weighted by Crippen LogP contribution is -2.42. The number of aliphatic hydroxyl groups is 1. The number of halogens is 1. The SMILES string of the molecule is CCCN1C(=O)[C@@](O)(CC(=O)c2ccco2)c2cc(Cl)ccc21. The molecular formula is C17H16ClNO4. The number of ketones is 1. The molecule has 0 spiro atoms. The average Bonchev–Trinajstić information content (AvgIpc) is 3.11. The maximum absolute atomic E-state index is 12.7. The second kappa shape index (κ2) is 5.83. The number of benzene rings is 1. The molecule has 0 saturated carbocycles. The van der Waals surface area contributed by atoms with Gasteiger partial charge in [-0.05, 0) is 36.8 Å². The van der Waals surface area contributed by atoms with Gasteiger partial charge in [-0.2, -0.15) is 0 Å². The molecule has 1 aromatic heterocycles. The Balaban J connectivity index is 2.02. The van der Waals surface area contributed by atoms with Gasteiger partial charge in [-0.3, -0.25) is 9.59 Å². The zero-order valence-corrected chi connectivity index (χ0v) is 13.3. The van der Waals surface area contributed by atoms with Crippen LogP contribution in [0.3, 0.4) is 0 Å². The Hall–Kier alpha value is -2.11. The van der Waals surface area contributed by atoms with Crippen LogP contribution in [0.5, 0.6) is 0 Å². The molecule has 1 aromatic carbocycles. The van der Waals surface area contributed by atoms with Gasteiger partial charge in [-0.1, -0.05) is 18.5 Å². The van der Waals surface area contributed by atoms with Gasteiger partial charge in [0.15, 0.2) is 11.4 Å². The molecule has 23 heavy (non-hydrogen) atoms. The minimum atomic E-state index is -1.92. The van der Waals surface area contributed by atoms with Crippen molar-refractivity contribution in [3.05, 3.63) is 52.9 Å². The zero-order valence-electron chi connectivity index (χ0n) is 12.6. The van der Waals surface area contributed by atoms with E-state index in [-0.39, 0.29) is 12.2 Å². The van der Waals surface area contributed by atoms with E-state index in [1.165, 1.54) is 17.2 Å². The summed E-state index contributed by atoms with van der Waals surface area (Å²) in [7, 11) is 0. The van der Waals surface area contributed by atoms with Crippen LogP contribution >= 0.6 is 11.6 Å². The molecule has 120 valence electrons. The summed E-state index contributed by atoms with van der Waals surface area (Å²) >= 11 is 6.01. The summed E-state index contributed by atoms with van der Waals surface area (Å²) in [5, 5.41) is 11.4. The van der Waals surface area contributed by atoms with E-state index >= 15 is 0 Å². The summed E-state index contributed by atoms with van der Waals surface area (Å²) in [6.45, 7) is 2.40. The monoisotopic (exact) mass is 333 g/mol. The predicted molar refractivity (Wildman–Crippen MR) is 85.6 cm³/mol. The molecule has 0 aliphatic carbocycles. The van der Waals surface area contributed by atoms with E-state index in [0.29, 0.717) is 22.8 Å². The first-order chi connectivity index (χ1) is 11.0. The van der Waals surface area contributed by atoms with Crippen LogP contribution in [0, 0.1) is 0 Å². The number of carbonyl (C=O) groups is 2. The zero-order chi connectivity index (χ0) is 16.6. The van der Waals surface area contributed by atoms with Crippen molar-refractivity contribution < 1.29 is 19.1 Å². The fourth-order valence-corrected chi connectivity index (χ4v) is 3.07. The van der Waals surface area contributed by atoms with Crippen LogP contribution in [0.1, 0.15) is 35.9 Å². The lowest BCUT2D eigenvalue weighted by Gasteiger charge is -2.22. The van der Waals surface area contributed by atoms with E-state index in [2.05, 4.69) is 0 Å². The number of rotatable bonds is 5. The first kappa shape index (κ1) is 15.8. The van der Waals surface area contributed by atoms with Crippen LogP contribution in [0.15, 0.2) is 41.0 Å². The van der Waals surface area contributed by atoms with Gasteiger partial charge >= 0.3 is 0 Å². The topological polar surface area (TPSA) is 70.8 Å². The second-order valence-electron chi connectivity index (χ2n) is 5.56. The highest BCUT2D eigenvalue weighted by Crippen LogP contribution is 2.44. The Kier molecular flexibility index (Phi) is 4.00. The highest BCUT2D eigenvalue weighted by Gasteiger charge is 2.51. The first-order valence-corrected chi connectivity index (χ1v) is 7.76. The number of Topliss-reactive ketones (excluding diaryl/α,β-unsaturated/α-hetero) is 1. The van der Waals surface area contributed by atoms with Crippen molar-refractivity contribution in [3.8, 4) is 0 Å². The van der Waals surface area contributed by atoms with E-state index in [1.807, 2.05) is 6.92 Å². The van der Waals surface area contributed by atoms with Gasteiger partial charge in [0.1, 0.15) is 0 Å². The van der Waals surface area contributed by atoms with Crippen molar-refractivity contribution in [3.63, 3.8) is 0 Å². The minimum Gasteiger partial charge on any atom is -0.461 e. The molecule has 0 radical (unpaired) electrons. The van der Waals surface area contributed by atoms with Gasteiger partial charge in [0.2, 0.25) is 5.78 Å². The molecule has 2 heterocycles. The van der Waals surface area contributed by atoms with Crippen molar-refractivity contribution in [2.45, 2.75) is 25.4 Å². The molecule has 0 saturated heterocycles. The molecule has 0 fully saturated rings. The normalized spacial score (nSPS) is 20.0. The summed E-state index contributed by atoms with van der Waals surface area (Å²) in [5.41, 5.74) is -0.960. The smallest absolute Gasteiger partial charge is 0.264 e. The summed E-state index contributed by atoms with van der Waals surface area (Å²) < 4.78 is 5.06. The molecule has 1 aliphatic heterocycles. The lowest BCUT2D eigenvalue weighted by atomic mass is 9.89. The molecule has 0 bridgehead atoms. The number of nitrogens with zero attached hydrogens (tertiary/aromatic N) is 1. The molecular weight excluding hydrogens is 318 g/mol. The van der Waals surface area contributed by atoms with Crippen molar-refractivity contribution in [2.24, 2.45) is 0 Å². The van der Waals surface area contributed by atoms with Crippen LogP contribution in [-0.2, 0) is 10.4 Å². The van der Waals surface area contributed by atoms with Crippen LogP contribution in [0.4, 0.5) is 5.69 Å². The molecule has 1 aliphatic rings. The van der Waals surface area contributed by atoms with Crippen LogP contribution in [-0.4, -0.2) is 23.3 Å². The molecule has 3 rings (SSSR count).